The van der Waals surface area contributed by atoms with Crippen LogP contribution in [0.25, 0.3) is 5.70 Å². The fraction of sp³-hybridized carbons (Fsp3) is 0.217. The van der Waals surface area contributed by atoms with Crippen LogP contribution in [-0.2, 0) is 14.8 Å². The Morgan fingerprint density at radius 1 is 1.03 bits per heavy atom. The number of sulfonamides is 1. The molecule has 4 heterocycles. The number of hydrazine groups is 1. The average molecular weight is 466 g/mol. The van der Waals surface area contributed by atoms with Gasteiger partial charge in [0.25, 0.3) is 10.0 Å². The van der Waals surface area contributed by atoms with Gasteiger partial charge in [0.05, 0.1) is 25.0 Å². The minimum absolute atomic E-state index is 0.00831. The fourth-order valence-electron chi connectivity index (χ4n) is 3.92. The van der Waals surface area contributed by atoms with E-state index in [-0.39, 0.29) is 10.6 Å². The van der Waals surface area contributed by atoms with E-state index < -0.39 is 16.1 Å². The summed E-state index contributed by atoms with van der Waals surface area (Å²) in [4.78, 5) is 10.6. The lowest BCUT2D eigenvalue weighted by Gasteiger charge is -2.28. The van der Waals surface area contributed by atoms with Gasteiger partial charge in [-0.2, -0.15) is 0 Å². The Labute approximate surface area is 192 Å². The highest BCUT2D eigenvalue weighted by Crippen LogP contribution is 2.38. The lowest BCUT2D eigenvalue weighted by molar-refractivity contribution is 0.122. The highest BCUT2D eigenvalue weighted by molar-refractivity contribution is 7.89. The number of hydrogen-bond acceptors (Lipinski definition) is 8. The van der Waals surface area contributed by atoms with Crippen molar-refractivity contribution in [2.75, 3.05) is 31.2 Å². The smallest absolute Gasteiger partial charge is 0.262 e. The number of phenolic OH excluding ortho intramolecular Hbond substituents is 1. The molecule has 5 rings (SSSR count). The van der Waals surface area contributed by atoms with Crippen LogP contribution in [0.15, 0.2) is 78.1 Å². The van der Waals surface area contributed by atoms with E-state index in [0.29, 0.717) is 43.4 Å². The lowest BCUT2D eigenvalue weighted by atomic mass is 10.1. The molecule has 2 aliphatic heterocycles. The van der Waals surface area contributed by atoms with Gasteiger partial charge < -0.3 is 20.2 Å². The van der Waals surface area contributed by atoms with Crippen LogP contribution in [0.4, 0.5) is 5.82 Å². The topological polar surface area (TPSA) is 108 Å². The second kappa shape index (κ2) is 8.81. The van der Waals surface area contributed by atoms with E-state index in [1.54, 1.807) is 54.9 Å². The molecule has 2 N–H and O–H groups in total. The molecule has 0 saturated carbocycles. The van der Waals surface area contributed by atoms with Gasteiger partial charge in [-0.15, -0.1) is 4.41 Å². The second-order valence-corrected chi connectivity index (χ2v) is 9.50. The highest BCUT2D eigenvalue weighted by Gasteiger charge is 2.38. The van der Waals surface area contributed by atoms with Gasteiger partial charge in [0.2, 0.25) is 0 Å². The van der Waals surface area contributed by atoms with Gasteiger partial charge in [0, 0.05) is 42.8 Å². The summed E-state index contributed by atoms with van der Waals surface area (Å²) in [6.07, 6.45) is 6.43. The van der Waals surface area contributed by atoms with Crippen molar-refractivity contribution in [2.45, 2.75) is 10.9 Å². The zero-order valence-corrected chi connectivity index (χ0v) is 18.5. The Morgan fingerprint density at radius 2 is 1.85 bits per heavy atom. The predicted molar refractivity (Wildman–Crippen MR) is 122 cm³/mol. The standard InChI is InChI=1S/C23H23N5O4S/c29-22-6-2-1-5-19(22)21-14-20(17-4-3-9-24-15-17)26-28(21)33(30,31)18-7-8-23(25-16-18)27-10-12-32-13-11-27/h1-9,14-16,21,26,29H,10-13H2. The molecule has 1 fully saturated rings. The summed E-state index contributed by atoms with van der Waals surface area (Å²) >= 11 is 0. The Morgan fingerprint density at radius 3 is 2.55 bits per heavy atom. The molecule has 0 amide bonds. The molecule has 33 heavy (non-hydrogen) atoms. The van der Waals surface area contributed by atoms with Crippen molar-refractivity contribution < 1.29 is 18.3 Å². The van der Waals surface area contributed by atoms with E-state index in [4.69, 9.17) is 4.74 Å². The van der Waals surface area contributed by atoms with E-state index in [2.05, 4.69) is 20.3 Å². The van der Waals surface area contributed by atoms with Crippen LogP contribution >= 0.6 is 0 Å². The molecule has 10 heteroatoms. The molecular formula is C23H23N5O4S. The van der Waals surface area contributed by atoms with Crippen molar-refractivity contribution >= 4 is 21.5 Å². The van der Waals surface area contributed by atoms with Crippen LogP contribution in [0, 0.1) is 0 Å². The van der Waals surface area contributed by atoms with Gasteiger partial charge in [-0.05, 0) is 36.4 Å². The Balaban J connectivity index is 1.49. The number of nitrogens with zero attached hydrogens (tertiary/aromatic N) is 4. The van der Waals surface area contributed by atoms with Crippen LogP contribution in [0.3, 0.4) is 0 Å². The van der Waals surface area contributed by atoms with E-state index >= 15 is 0 Å². The number of nitrogens with one attached hydrogen (secondary N) is 1. The molecule has 1 saturated heterocycles. The van der Waals surface area contributed by atoms with Crippen molar-refractivity contribution in [3.05, 3.63) is 84.3 Å². The van der Waals surface area contributed by atoms with Crippen LogP contribution < -0.4 is 10.3 Å². The van der Waals surface area contributed by atoms with Gasteiger partial charge in [0.1, 0.15) is 16.5 Å². The maximum absolute atomic E-state index is 13.7. The number of hydrogen-bond donors (Lipinski definition) is 2. The summed E-state index contributed by atoms with van der Waals surface area (Å²) in [5.41, 5.74) is 4.78. The Bertz CT molecular complexity index is 1260. The summed E-state index contributed by atoms with van der Waals surface area (Å²) < 4.78 is 33.8. The fourth-order valence-corrected chi connectivity index (χ4v) is 5.26. The molecular weight excluding hydrogens is 442 g/mol. The van der Waals surface area contributed by atoms with Crippen molar-refractivity contribution in [2.24, 2.45) is 0 Å². The summed E-state index contributed by atoms with van der Waals surface area (Å²) in [5, 5.41) is 10.4. The molecule has 2 aromatic heterocycles. The van der Waals surface area contributed by atoms with Crippen molar-refractivity contribution in [3.63, 3.8) is 0 Å². The number of aromatic nitrogens is 2. The Kier molecular flexibility index (Phi) is 5.71. The molecule has 0 aliphatic carbocycles. The summed E-state index contributed by atoms with van der Waals surface area (Å²) in [7, 11) is -4.01. The summed E-state index contributed by atoms with van der Waals surface area (Å²) in [6.45, 7) is 2.65. The largest absolute Gasteiger partial charge is 0.508 e. The minimum Gasteiger partial charge on any atom is -0.508 e. The predicted octanol–water partition coefficient (Wildman–Crippen LogP) is 2.31. The first-order valence-electron chi connectivity index (χ1n) is 10.5. The zero-order chi connectivity index (χ0) is 22.8. The summed E-state index contributed by atoms with van der Waals surface area (Å²) in [6, 6.07) is 12.8. The van der Waals surface area contributed by atoms with E-state index in [1.165, 1.54) is 12.3 Å². The van der Waals surface area contributed by atoms with Gasteiger partial charge in [-0.25, -0.2) is 13.4 Å². The van der Waals surface area contributed by atoms with Crippen molar-refractivity contribution in [3.8, 4) is 5.75 Å². The van der Waals surface area contributed by atoms with Crippen LogP contribution in [-0.4, -0.2) is 54.2 Å². The van der Waals surface area contributed by atoms with Crippen LogP contribution in [0.1, 0.15) is 17.2 Å². The van der Waals surface area contributed by atoms with Gasteiger partial charge in [-0.3, -0.25) is 4.98 Å². The van der Waals surface area contributed by atoms with E-state index in [0.717, 1.165) is 9.98 Å². The number of morpholine rings is 1. The van der Waals surface area contributed by atoms with Gasteiger partial charge >= 0.3 is 0 Å². The number of anilines is 1. The van der Waals surface area contributed by atoms with E-state index in [1.807, 2.05) is 6.07 Å². The molecule has 2 aliphatic rings. The number of rotatable bonds is 5. The number of aromatic hydroxyl groups is 1. The first kappa shape index (κ1) is 21.4. The molecule has 3 aromatic rings. The first-order valence-corrected chi connectivity index (χ1v) is 12.0. The molecule has 1 aromatic carbocycles. The third-order valence-electron chi connectivity index (χ3n) is 5.65. The zero-order valence-electron chi connectivity index (χ0n) is 17.7. The number of phenols is 1. The minimum atomic E-state index is -4.01. The van der Waals surface area contributed by atoms with Gasteiger partial charge in [0.15, 0.2) is 0 Å². The third-order valence-corrected chi connectivity index (χ3v) is 7.32. The molecule has 1 unspecified atom stereocenters. The SMILES string of the molecule is O=S(=O)(c1ccc(N2CCOCC2)nc1)N1NC(c2cccnc2)=CC1c1ccccc1O. The maximum Gasteiger partial charge on any atom is 0.262 e. The molecule has 170 valence electrons. The lowest BCUT2D eigenvalue weighted by Crippen LogP contribution is -2.39. The van der Waals surface area contributed by atoms with Crippen molar-refractivity contribution in [1.29, 1.82) is 0 Å². The number of benzene rings is 1. The monoisotopic (exact) mass is 465 g/mol. The molecule has 1 atom stereocenters. The van der Waals surface area contributed by atoms with Gasteiger partial charge in [-0.1, -0.05) is 18.2 Å². The molecule has 0 spiro atoms. The molecule has 0 radical (unpaired) electrons. The molecule has 0 bridgehead atoms. The third kappa shape index (κ3) is 4.15. The average Bonchev–Trinajstić information content (AvgIpc) is 3.32. The second-order valence-electron chi connectivity index (χ2n) is 7.69. The number of pyridine rings is 2. The first-order chi connectivity index (χ1) is 16.0. The summed E-state index contributed by atoms with van der Waals surface area (Å²) in [5.74, 6) is 0.715. The molecule has 9 nitrogen and oxygen atoms in total. The van der Waals surface area contributed by atoms with Crippen LogP contribution in [0.5, 0.6) is 5.75 Å². The Hall–Kier alpha value is -3.47. The number of para-hydroxylation sites is 1. The highest BCUT2D eigenvalue weighted by atomic mass is 32.2. The van der Waals surface area contributed by atoms with Crippen LogP contribution in [0.2, 0.25) is 0 Å². The quantitative estimate of drug-likeness (QED) is 0.591. The maximum atomic E-state index is 13.7. The van der Waals surface area contributed by atoms with E-state index in [9.17, 15) is 13.5 Å². The van der Waals surface area contributed by atoms with Crippen molar-refractivity contribution in [1.82, 2.24) is 19.8 Å². The normalized spacial score (nSPS) is 19.2. The number of ether oxygens (including phenoxy) is 1.